The number of hydrogen-bond donors (Lipinski definition) is 0. The molecule has 2 aromatic heterocycles. The zero-order valence-corrected chi connectivity index (χ0v) is 18.7. The summed E-state index contributed by atoms with van der Waals surface area (Å²) in [6.07, 6.45) is 5.79. The topological polar surface area (TPSA) is 38.1 Å². The van der Waals surface area contributed by atoms with Crippen LogP contribution >= 0.6 is 22.9 Å². The van der Waals surface area contributed by atoms with Crippen LogP contribution in [0.3, 0.4) is 0 Å². The van der Waals surface area contributed by atoms with Gasteiger partial charge in [0.2, 0.25) is 0 Å². The van der Waals surface area contributed by atoms with Gasteiger partial charge in [0.1, 0.15) is 5.82 Å². The van der Waals surface area contributed by atoms with Crippen LogP contribution < -0.4 is 0 Å². The number of carbonyl (C=O) groups is 1. The van der Waals surface area contributed by atoms with E-state index in [1.807, 2.05) is 40.6 Å². The van der Waals surface area contributed by atoms with Crippen molar-refractivity contribution in [2.75, 3.05) is 6.54 Å². The normalized spacial score (nSPS) is 14.9. The number of hydrogen-bond acceptors (Lipinski definition) is 3. The van der Waals surface area contributed by atoms with E-state index < -0.39 is 0 Å². The molecule has 0 spiro atoms. The standard InChI is InChI=1S/C23H28ClN3OS/c1-16(2)11-12-26(23(28)21-8-5-13-29-21)15-22-25-19-10-9-17(24)14-20(19)27(22)18-6-3-4-7-18/h5,8-10,13-14,16,18H,3-4,6-7,11-12,15H2,1-2H3. The molecule has 0 atom stereocenters. The van der Waals surface area contributed by atoms with Crippen molar-refractivity contribution in [3.05, 3.63) is 51.4 Å². The van der Waals surface area contributed by atoms with Gasteiger partial charge in [0.05, 0.1) is 22.5 Å². The Morgan fingerprint density at radius 2 is 2.10 bits per heavy atom. The number of fused-ring (bicyclic) bond motifs is 1. The summed E-state index contributed by atoms with van der Waals surface area (Å²) in [5.74, 6) is 1.62. The summed E-state index contributed by atoms with van der Waals surface area (Å²) < 4.78 is 2.36. The first kappa shape index (κ1) is 20.4. The SMILES string of the molecule is CC(C)CCN(Cc1nc2ccc(Cl)cc2n1C1CCCC1)C(=O)c1cccs1. The summed E-state index contributed by atoms with van der Waals surface area (Å²) in [6.45, 7) is 5.67. The highest BCUT2D eigenvalue weighted by Gasteiger charge is 2.26. The molecule has 1 fully saturated rings. The summed E-state index contributed by atoms with van der Waals surface area (Å²) in [4.78, 5) is 20.9. The highest BCUT2D eigenvalue weighted by Crippen LogP contribution is 2.35. The van der Waals surface area contributed by atoms with Gasteiger partial charge >= 0.3 is 0 Å². The smallest absolute Gasteiger partial charge is 0.264 e. The number of thiophene rings is 1. The largest absolute Gasteiger partial charge is 0.330 e. The van der Waals surface area contributed by atoms with E-state index in [0.717, 1.165) is 52.6 Å². The summed E-state index contributed by atoms with van der Waals surface area (Å²) in [7, 11) is 0. The third-order valence-corrected chi connectivity index (χ3v) is 6.84. The fourth-order valence-electron chi connectivity index (χ4n) is 4.19. The monoisotopic (exact) mass is 429 g/mol. The third kappa shape index (κ3) is 4.51. The number of aromatic nitrogens is 2. The van der Waals surface area contributed by atoms with Crippen molar-refractivity contribution < 1.29 is 4.79 Å². The average Bonchev–Trinajstić information content (AvgIpc) is 3.44. The lowest BCUT2D eigenvalue weighted by Gasteiger charge is -2.25. The van der Waals surface area contributed by atoms with E-state index >= 15 is 0 Å². The zero-order chi connectivity index (χ0) is 20.4. The second-order valence-electron chi connectivity index (χ2n) is 8.36. The number of nitrogens with zero attached hydrogens (tertiary/aromatic N) is 3. The number of rotatable bonds is 7. The van der Waals surface area contributed by atoms with Crippen LogP contribution in [0.4, 0.5) is 0 Å². The van der Waals surface area contributed by atoms with Crippen LogP contribution in [0.25, 0.3) is 11.0 Å². The van der Waals surface area contributed by atoms with Crippen molar-refractivity contribution in [1.82, 2.24) is 14.5 Å². The molecule has 1 aromatic carbocycles. The maximum atomic E-state index is 13.2. The van der Waals surface area contributed by atoms with Gasteiger partial charge in [0, 0.05) is 17.6 Å². The number of benzene rings is 1. The van der Waals surface area contributed by atoms with Crippen LogP contribution in [0, 0.1) is 5.92 Å². The molecular weight excluding hydrogens is 402 g/mol. The fourth-order valence-corrected chi connectivity index (χ4v) is 5.05. The molecule has 154 valence electrons. The Bertz CT molecular complexity index is 974. The third-order valence-electron chi connectivity index (χ3n) is 5.74. The van der Waals surface area contributed by atoms with Crippen molar-refractivity contribution in [2.24, 2.45) is 5.92 Å². The van der Waals surface area contributed by atoms with Crippen LogP contribution in [0.5, 0.6) is 0 Å². The molecule has 0 unspecified atom stereocenters. The van der Waals surface area contributed by atoms with Gasteiger partial charge < -0.3 is 9.47 Å². The molecule has 4 rings (SSSR count). The first-order valence-corrected chi connectivity index (χ1v) is 11.8. The van der Waals surface area contributed by atoms with Crippen molar-refractivity contribution in [2.45, 2.75) is 58.5 Å². The molecule has 0 radical (unpaired) electrons. The van der Waals surface area contributed by atoms with Crippen LogP contribution in [0.2, 0.25) is 5.02 Å². The first-order valence-electron chi connectivity index (χ1n) is 10.5. The molecule has 1 aliphatic rings. The van der Waals surface area contributed by atoms with E-state index in [2.05, 4.69) is 18.4 Å². The molecule has 2 heterocycles. The fraction of sp³-hybridized carbons (Fsp3) is 0.478. The summed E-state index contributed by atoms with van der Waals surface area (Å²) in [5, 5.41) is 2.69. The number of imidazole rings is 1. The highest BCUT2D eigenvalue weighted by atomic mass is 35.5. The van der Waals surface area contributed by atoms with E-state index in [0.29, 0.717) is 18.5 Å². The number of amides is 1. The van der Waals surface area contributed by atoms with E-state index in [-0.39, 0.29) is 5.91 Å². The average molecular weight is 430 g/mol. The highest BCUT2D eigenvalue weighted by molar-refractivity contribution is 7.12. The molecule has 4 nitrogen and oxygen atoms in total. The molecule has 1 aliphatic carbocycles. The molecule has 6 heteroatoms. The van der Waals surface area contributed by atoms with Crippen LogP contribution in [-0.2, 0) is 6.54 Å². The first-order chi connectivity index (χ1) is 14.0. The Morgan fingerprint density at radius 3 is 2.79 bits per heavy atom. The molecule has 1 amide bonds. The van der Waals surface area contributed by atoms with E-state index in [1.54, 1.807) is 0 Å². The van der Waals surface area contributed by atoms with Crippen molar-refractivity contribution in [3.8, 4) is 0 Å². The van der Waals surface area contributed by atoms with E-state index in [9.17, 15) is 4.79 Å². The Hall–Kier alpha value is -1.85. The van der Waals surface area contributed by atoms with Gasteiger partial charge in [0.25, 0.3) is 5.91 Å². The van der Waals surface area contributed by atoms with Gasteiger partial charge in [-0.05, 0) is 54.8 Å². The molecule has 0 aliphatic heterocycles. The Morgan fingerprint density at radius 1 is 1.31 bits per heavy atom. The molecule has 3 aromatic rings. The summed E-state index contributed by atoms with van der Waals surface area (Å²) >= 11 is 7.82. The Kier molecular flexibility index (Phi) is 6.26. The van der Waals surface area contributed by atoms with E-state index in [1.165, 1.54) is 24.2 Å². The van der Waals surface area contributed by atoms with Crippen molar-refractivity contribution >= 4 is 39.9 Å². The predicted octanol–water partition coefficient (Wildman–Crippen LogP) is 6.55. The Balaban J connectivity index is 1.70. The van der Waals surface area contributed by atoms with Gasteiger partial charge in [-0.25, -0.2) is 4.98 Å². The number of carbonyl (C=O) groups excluding carboxylic acids is 1. The zero-order valence-electron chi connectivity index (χ0n) is 17.1. The van der Waals surface area contributed by atoms with E-state index in [4.69, 9.17) is 16.6 Å². The maximum Gasteiger partial charge on any atom is 0.264 e. The second kappa shape index (κ2) is 8.88. The maximum absolute atomic E-state index is 13.2. The van der Waals surface area contributed by atoms with Crippen molar-refractivity contribution in [1.29, 1.82) is 0 Å². The van der Waals surface area contributed by atoms with Crippen molar-refractivity contribution in [3.63, 3.8) is 0 Å². The predicted molar refractivity (Wildman–Crippen MR) is 121 cm³/mol. The second-order valence-corrected chi connectivity index (χ2v) is 9.74. The van der Waals surface area contributed by atoms with Gasteiger partial charge in [-0.3, -0.25) is 4.79 Å². The van der Waals surface area contributed by atoms with Crippen LogP contribution in [-0.4, -0.2) is 26.9 Å². The quantitative estimate of drug-likeness (QED) is 0.426. The molecular formula is C23H28ClN3OS. The molecule has 1 saturated carbocycles. The summed E-state index contributed by atoms with van der Waals surface area (Å²) in [6, 6.07) is 10.2. The lowest BCUT2D eigenvalue weighted by atomic mass is 10.1. The van der Waals surface area contributed by atoms with Gasteiger partial charge in [-0.1, -0.05) is 44.4 Å². The molecule has 0 bridgehead atoms. The lowest BCUT2D eigenvalue weighted by molar-refractivity contribution is 0.0733. The lowest BCUT2D eigenvalue weighted by Crippen LogP contribution is -2.33. The van der Waals surface area contributed by atoms with Crippen LogP contribution in [0.15, 0.2) is 35.7 Å². The molecule has 29 heavy (non-hydrogen) atoms. The Labute approximate surface area is 181 Å². The molecule has 0 saturated heterocycles. The minimum absolute atomic E-state index is 0.101. The molecule has 0 N–H and O–H groups in total. The van der Waals surface area contributed by atoms with Gasteiger partial charge in [0.15, 0.2) is 0 Å². The van der Waals surface area contributed by atoms with Gasteiger partial charge in [-0.15, -0.1) is 11.3 Å². The summed E-state index contributed by atoms with van der Waals surface area (Å²) in [5.41, 5.74) is 2.05. The van der Waals surface area contributed by atoms with Gasteiger partial charge in [-0.2, -0.15) is 0 Å². The van der Waals surface area contributed by atoms with Crippen LogP contribution in [0.1, 0.15) is 67.5 Å². The minimum Gasteiger partial charge on any atom is -0.330 e. The number of halogens is 1. The minimum atomic E-state index is 0.101.